The van der Waals surface area contributed by atoms with Gasteiger partial charge in [-0.25, -0.2) is 4.79 Å². The summed E-state index contributed by atoms with van der Waals surface area (Å²) < 4.78 is 10.5. The Kier molecular flexibility index (Phi) is 4.76. The molecule has 1 saturated heterocycles. The van der Waals surface area contributed by atoms with Crippen molar-refractivity contribution in [3.63, 3.8) is 0 Å². The van der Waals surface area contributed by atoms with Crippen molar-refractivity contribution >= 4 is 6.09 Å². The molecule has 0 aromatic heterocycles. The number of aliphatic hydroxyl groups excluding tert-OH is 1. The van der Waals surface area contributed by atoms with E-state index < -0.39 is 11.6 Å². The van der Waals surface area contributed by atoms with Crippen molar-refractivity contribution in [2.75, 3.05) is 19.8 Å². The van der Waals surface area contributed by atoms with Gasteiger partial charge in [0.25, 0.3) is 0 Å². The van der Waals surface area contributed by atoms with Crippen molar-refractivity contribution in [1.29, 1.82) is 0 Å². The maximum absolute atomic E-state index is 11.7. The van der Waals surface area contributed by atoms with Gasteiger partial charge in [-0.15, -0.1) is 0 Å². The average Bonchev–Trinajstić information content (AvgIpc) is 2.47. The van der Waals surface area contributed by atoms with Crippen LogP contribution in [-0.4, -0.2) is 36.6 Å². The van der Waals surface area contributed by atoms with Crippen molar-refractivity contribution in [1.82, 2.24) is 5.32 Å². The molecule has 1 amide bonds. The number of nitrogens with one attached hydrogen (secondary N) is 1. The second-order valence-corrected chi connectivity index (χ2v) is 4.78. The Balaban J connectivity index is 1.83. The van der Waals surface area contributed by atoms with Crippen LogP contribution in [0.25, 0.3) is 0 Å². The number of carbonyl (C=O) groups is 1. The zero-order chi connectivity index (χ0) is 13.6. The van der Waals surface area contributed by atoms with Gasteiger partial charge in [-0.05, 0) is 18.4 Å². The Labute approximate surface area is 112 Å². The maximum Gasteiger partial charge on any atom is 0.408 e. The Bertz CT molecular complexity index is 401. The minimum atomic E-state index is -0.702. The van der Waals surface area contributed by atoms with Gasteiger partial charge < -0.3 is 19.9 Å². The highest BCUT2D eigenvalue weighted by Gasteiger charge is 2.34. The van der Waals surface area contributed by atoms with Gasteiger partial charge in [0.2, 0.25) is 0 Å². The number of benzene rings is 1. The lowest BCUT2D eigenvalue weighted by atomic mass is 9.94. The maximum atomic E-state index is 11.7. The molecule has 1 aliphatic rings. The summed E-state index contributed by atoms with van der Waals surface area (Å²) in [6, 6.07) is 9.46. The van der Waals surface area contributed by atoms with Crippen molar-refractivity contribution in [2.45, 2.75) is 25.0 Å². The molecule has 0 aliphatic carbocycles. The van der Waals surface area contributed by atoms with Gasteiger partial charge in [0.05, 0.1) is 18.8 Å². The summed E-state index contributed by atoms with van der Waals surface area (Å²) in [7, 11) is 0. The first-order chi connectivity index (χ1) is 9.24. The third-order valence-electron chi connectivity index (χ3n) is 3.21. The fraction of sp³-hybridized carbons (Fsp3) is 0.500. The van der Waals surface area contributed by atoms with E-state index in [0.29, 0.717) is 19.6 Å². The Morgan fingerprint density at radius 3 is 2.84 bits per heavy atom. The van der Waals surface area contributed by atoms with Gasteiger partial charge in [-0.3, -0.25) is 0 Å². The molecule has 5 nitrogen and oxygen atoms in total. The molecular weight excluding hydrogens is 246 g/mol. The van der Waals surface area contributed by atoms with E-state index in [-0.39, 0.29) is 13.2 Å². The summed E-state index contributed by atoms with van der Waals surface area (Å²) >= 11 is 0. The number of alkyl carbamates (subject to hydrolysis) is 1. The van der Waals surface area contributed by atoms with Crippen LogP contribution < -0.4 is 5.32 Å². The Morgan fingerprint density at radius 2 is 2.21 bits per heavy atom. The molecule has 0 bridgehead atoms. The molecule has 2 N–H and O–H groups in total. The van der Waals surface area contributed by atoms with E-state index >= 15 is 0 Å². The number of ether oxygens (including phenoxy) is 2. The SMILES string of the molecule is O=C(NC1(CO)CCCOC1)OCc1ccccc1. The summed E-state index contributed by atoms with van der Waals surface area (Å²) in [6.07, 6.45) is 0.993. The van der Waals surface area contributed by atoms with E-state index in [9.17, 15) is 9.90 Å². The van der Waals surface area contributed by atoms with E-state index in [2.05, 4.69) is 5.32 Å². The molecule has 104 valence electrons. The van der Waals surface area contributed by atoms with Gasteiger partial charge in [0.15, 0.2) is 0 Å². The second kappa shape index (κ2) is 6.54. The van der Waals surface area contributed by atoms with Gasteiger partial charge in [0.1, 0.15) is 6.61 Å². The van der Waals surface area contributed by atoms with E-state index in [1.165, 1.54) is 0 Å². The predicted octanol–water partition coefficient (Wildman–Crippen LogP) is 1.45. The highest BCUT2D eigenvalue weighted by molar-refractivity contribution is 5.68. The first-order valence-corrected chi connectivity index (χ1v) is 6.42. The summed E-state index contributed by atoms with van der Waals surface area (Å²) in [5.41, 5.74) is 0.224. The fourth-order valence-electron chi connectivity index (χ4n) is 2.09. The third-order valence-corrected chi connectivity index (χ3v) is 3.21. The molecule has 0 saturated carbocycles. The summed E-state index contributed by atoms with van der Waals surface area (Å²) in [5, 5.41) is 12.1. The molecular formula is C14H19NO4. The van der Waals surface area contributed by atoms with Crippen LogP contribution in [0.15, 0.2) is 30.3 Å². The van der Waals surface area contributed by atoms with Crippen LogP contribution in [0, 0.1) is 0 Å². The van der Waals surface area contributed by atoms with Crippen LogP contribution in [0.2, 0.25) is 0 Å². The van der Waals surface area contributed by atoms with Crippen LogP contribution in [0.1, 0.15) is 18.4 Å². The van der Waals surface area contributed by atoms with E-state index in [1.54, 1.807) is 0 Å². The van der Waals surface area contributed by atoms with Crippen molar-refractivity contribution in [3.05, 3.63) is 35.9 Å². The fourth-order valence-corrected chi connectivity index (χ4v) is 2.09. The standard InChI is InChI=1S/C14H19NO4/c16-10-14(7-4-8-18-11-14)15-13(17)19-9-12-5-2-1-3-6-12/h1-3,5-6,16H,4,7-11H2,(H,15,17). The monoisotopic (exact) mass is 265 g/mol. The zero-order valence-electron chi connectivity index (χ0n) is 10.8. The number of rotatable bonds is 4. The number of aliphatic hydroxyl groups is 1. The zero-order valence-corrected chi connectivity index (χ0v) is 10.8. The highest BCUT2D eigenvalue weighted by atomic mass is 16.5. The van der Waals surface area contributed by atoms with Gasteiger partial charge in [-0.1, -0.05) is 30.3 Å². The van der Waals surface area contributed by atoms with Gasteiger partial charge in [-0.2, -0.15) is 0 Å². The van der Waals surface area contributed by atoms with Crippen LogP contribution in [0.5, 0.6) is 0 Å². The van der Waals surface area contributed by atoms with Gasteiger partial charge >= 0.3 is 6.09 Å². The minimum absolute atomic E-state index is 0.145. The molecule has 2 rings (SSSR count). The summed E-state index contributed by atoms with van der Waals surface area (Å²) in [5.74, 6) is 0. The molecule has 1 heterocycles. The number of hydrogen-bond donors (Lipinski definition) is 2. The van der Waals surface area contributed by atoms with Crippen molar-refractivity contribution in [2.24, 2.45) is 0 Å². The lowest BCUT2D eigenvalue weighted by Crippen LogP contribution is -2.56. The van der Waals surface area contributed by atoms with Gasteiger partial charge in [0, 0.05) is 6.61 Å². The topological polar surface area (TPSA) is 67.8 Å². The molecule has 5 heteroatoms. The number of hydrogen-bond acceptors (Lipinski definition) is 4. The van der Waals surface area contributed by atoms with E-state index in [4.69, 9.17) is 9.47 Å². The number of amides is 1. The highest BCUT2D eigenvalue weighted by Crippen LogP contribution is 2.18. The molecule has 1 aliphatic heterocycles. The van der Waals surface area contributed by atoms with E-state index in [0.717, 1.165) is 12.0 Å². The lowest BCUT2D eigenvalue weighted by Gasteiger charge is -2.35. The lowest BCUT2D eigenvalue weighted by molar-refractivity contribution is -0.00811. The largest absolute Gasteiger partial charge is 0.445 e. The Hall–Kier alpha value is -1.59. The molecule has 0 radical (unpaired) electrons. The predicted molar refractivity (Wildman–Crippen MR) is 69.6 cm³/mol. The molecule has 0 spiro atoms. The quantitative estimate of drug-likeness (QED) is 0.864. The Morgan fingerprint density at radius 1 is 1.42 bits per heavy atom. The molecule has 1 unspecified atom stereocenters. The minimum Gasteiger partial charge on any atom is -0.445 e. The van der Waals surface area contributed by atoms with Crippen LogP contribution in [0.4, 0.5) is 4.79 Å². The first-order valence-electron chi connectivity index (χ1n) is 6.42. The normalized spacial score (nSPS) is 22.8. The average molecular weight is 265 g/mol. The molecule has 19 heavy (non-hydrogen) atoms. The van der Waals surface area contributed by atoms with Crippen molar-refractivity contribution in [3.8, 4) is 0 Å². The summed E-state index contributed by atoms with van der Waals surface area (Å²) in [4.78, 5) is 11.7. The van der Waals surface area contributed by atoms with Crippen LogP contribution >= 0.6 is 0 Å². The summed E-state index contributed by atoms with van der Waals surface area (Å²) in [6.45, 7) is 1.06. The smallest absolute Gasteiger partial charge is 0.408 e. The molecule has 1 aromatic rings. The van der Waals surface area contributed by atoms with Crippen LogP contribution in [-0.2, 0) is 16.1 Å². The van der Waals surface area contributed by atoms with Crippen LogP contribution in [0.3, 0.4) is 0 Å². The molecule has 1 atom stereocenters. The number of carbonyl (C=O) groups excluding carboxylic acids is 1. The molecule has 1 aromatic carbocycles. The van der Waals surface area contributed by atoms with Crippen molar-refractivity contribution < 1.29 is 19.4 Å². The van der Waals surface area contributed by atoms with E-state index in [1.807, 2.05) is 30.3 Å². The third kappa shape index (κ3) is 3.94. The second-order valence-electron chi connectivity index (χ2n) is 4.78. The molecule has 1 fully saturated rings. The first kappa shape index (κ1) is 13.8.